The summed E-state index contributed by atoms with van der Waals surface area (Å²) in [6.45, 7) is 2.22. The van der Waals surface area contributed by atoms with Crippen molar-refractivity contribution < 1.29 is 21.7 Å². The van der Waals surface area contributed by atoms with E-state index in [1.165, 1.54) is 24.3 Å². The molecule has 0 amide bonds. The minimum absolute atomic E-state index is 0.00204. The van der Waals surface area contributed by atoms with Crippen LogP contribution in [0.2, 0.25) is 0 Å². The van der Waals surface area contributed by atoms with Gasteiger partial charge in [-0.15, -0.1) is 0 Å². The number of hydrogen-bond acceptors (Lipinski definition) is 6. The van der Waals surface area contributed by atoms with Crippen molar-refractivity contribution in [2.75, 3.05) is 24.2 Å². The van der Waals surface area contributed by atoms with E-state index in [1.807, 2.05) is 37.3 Å². The van der Waals surface area contributed by atoms with E-state index in [0.717, 1.165) is 11.1 Å². The van der Waals surface area contributed by atoms with Gasteiger partial charge in [-0.3, -0.25) is 4.18 Å². The largest absolute Gasteiger partial charge is 0.396 e. The van der Waals surface area contributed by atoms with E-state index in [4.69, 9.17) is 14.7 Å². The van der Waals surface area contributed by atoms with E-state index in [0.29, 0.717) is 16.8 Å². The fourth-order valence-electron chi connectivity index (χ4n) is 2.86. The van der Waals surface area contributed by atoms with Crippen molar-refractivity contribution in [1.29, 1.82) is 0 Å². The zero-order chi connectivity index (χ0) is 23.1. The molecule has 0 spiro atoms. The van der Waals surface area contributed by atoms with Gasteiger partial charge in [0, 0.05) is 17.1 Å². The summed E-state index contributed by atoms with van der Waals surface area (Å²) in [4.78, 5) is 0.0517. The molecule has 0 fully saturated rings. The molecule has 0 radical (unpaired) electrons. The standard InChI is InChI=1S/C23H24BrFN2O4S/c1-16-7-9-19(10-8-16)32(28,29)31-18(15-30-14-17-5-3-2-4-6-17)13-27-23-12-21(25)22(26)11-20(23)24/h2-12,18,27H,13-15,26H2,1H3. The maximum atomic E-state index is 13.9. The van der Waals surface area contributed by atoms with Crippen LogP contribution in [0.15, 0.2) is 76.1 Å². The van der Waals surface area contributed by atoms with E-state index < -0.39 is 22.0 Å². The number of rotatable bonds is 10. The third kappa shape index (κ3) is 6.77. The van der Waals surface area contributed by atoms with Crippen LogP contribution in [0.5, 0.6) is 0 Å². The van der Waals surface area contributed by atoms with Gasteiger partial charge in [0.1, 0.15) is 11.9 Å². The maximum Gasteiger partial charge on any atom is 0.297 e. The first kappa shape index (κ1) is 24.2. The predicted molar refractivity (Wildman–Crippen MR) is 126 cm³/mol. The van der Waals surface area contributed by atoms with E-state index in [2.05, 4.69) is 21.2 Å². The molecule has 0 saturated carbocycles. The first-order valence-corrected chi connectivity index (χ1v) is 12.0. The Balaban J connectivity index is 1.72. The topological polar surface area (TPSA) is 90.7 Å². The highest BCUT2D eigenvalue weighted by Crippen LogP contribution is 2.27. The van der Waals surface area contributed by atoms with Crippen LogP contribution in [0.4, 0.5) is 15.8 Å². The Morgan fingerprint density at radius 1 is 1.09 bits per heavy atom. The molecule has 0 aliphatic rings. The molecular formula is C23H24BrFN2O4S. The Morgan fingerprint density at radius 2 is 1.78 bits per heavy atom. The highest BCUT2D eigenvalue weighted by Gasteiger charge is 2.23. The number of aryl methyl sites for hydroxylation is 1. The van der Waals surface area contributed by atoms with Gasteiger partial charge in [-0.25, -0.2) is 4.39 Å². The van der Waals surface area contributed by atoms with Crippen molar-refractivity contribution in [2.45, 2.75) is 24.5 Å². The molecule has 3 rings (SSSR count). The Kier molecular flexibility index (Phi) is 8.25. The number of halogens is 2. The number of benzene rings is 3. The number of nitrogen functional groups attached to an aromatic ring is 1. The minimum Gasteiger partial charge on any atom is -0.396 e. The summed E-state index contributed by atoms with van der Waals surface area (Å²) < 4.78 is 51.1. The van der Waals surface area contributed by atoms with Crippen LogP contribution < -0.4 is 11.1 Å². The van der Waals surface area contributed by atoms with Gasteiger partial charge in [0.15, 0.2) is 0 Å². The lowest BCUT2D eigenvalue weighted by Gasteiger charge is -2.20. The molecule has 170 valence electrons. The van der Waals surface area contributed by atoms with Gasteiger partial charge in [0.05, 0.1) is 29.5 Å². The molecule has 0 bridgehead atoms. The third-order valence-corrected chi connectivity index (χ3v) is 6.63. The van der Waals surface area contributed by atoms with E-state index in [-0.39, 0.29) is 23.7 Å². The molecule has 32 heavy (non-hydrogen) atoms. The van der Waals surface area contributed by atoms with Crippen LogP contribution in [0.25, 0.3) is 0 Å². The van der Waals surface area contributed by atoms with E-state index in [1.54, 1.807) is 12.1 Å². The van der Waals surface area contributed by atoms with E-state index >= 15 is 0 Å². The third-order valence-electron chi connectivity index (χ3n) is 4.59. The Hall–Kier alpha value is -2.46. The van der Waals surface area contributed by atoms with Crippen LogP contribution in [-0.4, -0.2) is 27.7 Å². The minimum atomic E-state index is -4.03. The second-order valence-corrected chi connectivity index (χ2v) is 9.65. The van der Waals surface area contributed by atoms with Crippen molar-refractivity contribution in [1.82, 2.24) is 0 Å². The SMILES string of the molecule is Cc1ccc(S(=O)(=O)OC(CNc2cc(F)c(N)cc2Br)COCc2ccccc2)cc1. The Morgan fingerprint density at radius 3 is 2.47 bits per heavy atom. The quantitative estimate of drug-likeness (QED) is 0.291. The predicted octanol–water partition coefficient (Wildman–Crippen LogP) is 4.88. The molecule has 1 atom stereocenters. The number of nitrogens with two attached hydrogens (primary N) is 1. The molecule has 3 aromatic rings. The lowest BCUT2D eigenvalue weighted by atomic mass is 10.2. The lowest BCUT2D eigenvalue weighted by Crippen LogP contribution is -2.31. The first-order valence-electron chi connectivity index (χ1n) is 9.84. The summed E-state index contributed by atoms with van der Waals surface area (Å²) >= 11 is 3.32. The molecule has 0 aliphatic carbocycles. The molecule has 0 heterocycles. The van der Waals surface area contributed by atoms with Crippen LogP contribution >= 0.6 is 15.9 Å². The highest BCUT2D eigenvalue weighted by atomic mass is 79.9. The van der Waals surface area contributed by atoms with Gasteiger partial charge in [0.2, 0.25) is 0 Å². The monoisotopic (exact) mass is 522 g/mol. The summed E-state index contributed by atoms with van der Waals surface area (Å²) in [5, 5.41) is 3.00. The summed E-state index contributed by atoms with van der Waals surface area (Å²) in [5.41, 5.74) is 7.87. The number of nitrogens with one attached hydrogen (secondary N) is 1. The van der Waals surface area contributed by atoms with Crippen molar-refractivity contribution in [3.8, 4) is 0 Å². The Bertz CT molecular complexity index is 1140. The fourth-order valence-corrected chi connectivity index (χ4v) is 4.43. The highest BCUT2D eigenvalue weighted by molar-refractivity contribution is 9.10. The summed E-state index contributed by atoms with van der Waals surface area (Å²) in [6.07, 6.45) is -0.863. The second-order valence-electron chi connectivity index (χ2n) is 7.22. The fraction of sp³-hybridized carbons (Fsp3) is 0.217. The smallest absolute Gasteiger partial charge is 0.297 e. The first-order chi connectivity index (χ1) is 15.2. The maximum absolute atomic E-state index is 13.9. The molecular weight excluding hydrogens is 499 g/mol. The molecule has 0 aliphatic heterocycles. The van der Waals surface area contributed by atoms with E-state index in [9.17, 15) is 12.8 Å². The van der Waals surface area contributed by atoms with Gasteiger partial charge in [0.25, 0.3) is 10.1 Å². The average Bonchev–Trinajstić information content (AvgIpc) is 2.76. The number of anilines is 2. The van der Waals surface area contributed by atoms with Gasteiger partial charge >= 0.3 is 0 Å². The number of hydrogen-bond donors (Lipinski definition) is 2. The molecule has 0 aromatic heterocycles. The Labute approximate surface area is 195 Å². The average molecular weight is 523 g/mol. The van der Waals surface area contributed by atoms with Crippen molar-refractivity contribution in [3.63, 3.8) is 0 Å². The van der Waals surface area contributed by atoms with Crippen LogP contribution in [-0.2, 0) is 25.6 Å². The van der Waals surface area contributed by atoms with Crippen LogP contribution in [0, 0.1) is 12.7 Å². The van der Waals surface area contributed by atoms with Crippen molar-refractivity contribution >= 4 is 37.4 Å². The van der Waals surface area contributed by atoms with Gasteiger partial charge in [-0.2, -0.15) is 8.42 Å². The summed E-state index contributed by atoms with van der Waals surface area (Å²) in [6, 6.07) is 18.5. The summed E-state index contributed by atoms with van der Waals surface area (Å²) in [5.74, 6) is -0.583. The zero-order valence-electron chi connectivity index (χ0n) is 17.4. The van der Waals surface area contributed by atoms with Gasteiger partial charge in [-0.05, 0) is 46.6 Å². The second kappa shape index (κ2) is 10.9. The molecule has 9 heteroatoms. The molecule has 0 saturated heterocycles. The molecule has 6 nitrogen and oxygen atoms in total. The van der Waals surface area contributed by atoms with Crippen molar-refractivity contribution in [2.24, 2.45) is 0 Å². The molecule has 3 N–H and O–H groups in total. The van der Waals surface area contributed by atoms with Crippen molar-refractivity contribution in [3.05, 3.63) is 88.1 Å². The molecule has 3 aromatic carbocycles. The van der Waals surface area contributed by atoms with Gasteiger partial charge < -0.3 is 15.8 Å². The lowest BCUT2D eigenvalue weighted by molar-refractivity contribution is 0.0496. The number of ether oxygens (including phenoxy) is 1. The van der Waals surface area contributed by atoms with Crippen LogP contribution in [0.1, 0.15) is 11.1 Å². The van der Waals surface area contributed by atoms with Crippen LogP contribution in [0.3, 0.4) is 0 Å². The van der Waals surface area contributed by atoms with Gasteiger partial charge in [-0.1, -0.05) is 48.0 Å². The zero-order valence-corrected chi connectivity index (χ0v) is 19.8. The molecule has 1 unspecified atom stereocenters. The normalized spacial score (nSPS) is 12.5. The summed E-state index contributed by atoms with van der Waals surface area (Å²) in [7, 11) is -4.03.